The highest BCUT2D eigenvalue weighted by molar-refractivity contribution is 5.94. The molecule has 18 heavy (non-hydrogen) atoms. The van der Waals surface area contributed by atoms with Crippen molar-refractivity contribution < 1.29 is 4.79 Å². The molecule has 98 valence electrons. The smallest absolute Gasteiger partial charge is 0.251 e. The lowest BCUT2D eigenvalue weighted by Crippen LogP contribution is -2.51. The second kappa shape index (κ2) is 5.53. The highest BCUT2D eigenvalue weighted by atomic mass is 16.1. The first kappa shape index (κ1) is 13.1. The Kier molecular flexibility index (Phi) is 4.02. The normalized spacial score (nSPS) is 23.7. The van der Waals surface area contributed by atoms with E-state index in [9.17, 15) is 4.79 Å². The van der Waals surface area contributed by atoms with Crippen LogP contribution in [0.2, 0.25) is 0 Å². The molecule has 2 rings (SSSR count). The Hall–Kier alpha value is -1.35. The van der Waals surface area contributed by atoms with Crippen molar-refractivity contribution in [2.75, 3.05) is 6.54 Å². The molecule has 2 atom stereocenters. The molecule has 0 bridgehead atoms. The molecule has 0 aromatic heterocycles. The van der Waals surface area contributed by atoms with Gasteiger partial charge in [-0.25, -0.2) is 0 Å². The van der Waals surface area contributed by atoms with Crippen LogP contribution in [0.3, 0.4) is 0 Å². The van der Waals surface area contributed by atoms with Gasteiger partial charge >= 0.3 is 0 Å². The molecule has 1 saturated heterocycles. The SMILES string of the molecule is Cc1ccc(C(=O)N[C@@H]2CCCN[C@H]2C)cc1C. The van der Waals surface area contributed by atoms with Gasteiger partial charge in [0.05, 0.1) is 0 Å². The van der Waals surface area contributed by atoms with E-state index in [0.29, 0.717) is 6.04 Å². The largest absolute Gasteiger partial charge is 0.348 e. The zero-order valence-corrected chi connectivity index (χ0v) is 11.4. The summed E-state index contributed by atoms with van der Waals surface area (Å²) in [6.07, 6.45) is 2.19. The van der Waals surface area contributed by atoms with Crippen molar-refractivity contribution in [3.63, 3.8) is 0 Å². The molecule has 1 fully saturated rings. The van der Waals surface area contributed by atoms with E-state index < -0.39 is 0 Å². The maximum Gasteiger partial charge on any atom is 0.251 e. The number of carbonyl (C=O) groups is 1. The molecule has 1 aromatic carbocycles. The molecule has 1 aromatic rings. The minimum atomic E-state index is 0.0404. The first-order chi connectivity index (χ1) is 8.58. The van der Waals surface area contributed by atoms with Gasteiger partial charge < -0.3 is 10.6 Å². The second-order valence-corrected chi connectivity index (χ2v) is 5.26. The van der Waals surface area contributed by atoms with Crippen LogP contribution in [-0.4, -0.2) is 24.5 Å². The van der Waals surface area contributed by atoms with Crippen LogP contribution in [0.15, 0.2) is 18.2 Å². The lowest BCUT2D eigenvalue weighted by molar-refractivity contribution is 0.0920. The molecule has 1 amide bonds. The fourth-order valence-corrected chi connectivity index (χ4v) is 2.38. The second-order valence-electron chi connectivity index (χ2n) is 5.26. The average Bonchev–Trinajstić information content (AvgIpc) is 2.35. The maximum atomic E-state index is 12.2. The summed E-state index contributed by atoms with van der Waals surface area (Å²) in [7, 11) is 0. The fourth-order valence-electron chi connectivity index (χ4n) is 2.38. The van der Waals surface area contributed by atoms with Gasteiger partial charge in [0, 0.05) is 17.6 Å². The first-order valence-corrected chi connectivity index (χ1v) is 6.69. The summed E-state index contributed by atoms with van der Waals surface area (Å²) < 4.78 is 0. The monoisotopic (exact) mass is 246 g/mol. The first-order valence-electron chi connectivity index (χ1n) is 6.69. The third kappa shape index (κ3) is 2.91. The third-order valence-corrected chi connectivity index (χ3v) is 3.85. The van der Waals surface area contributed by atoms with Crippen molar-refractivity contribution >= 4 is 5.91 Å². The highest BCUT2D eigenvalue weighted by Crippen LogP contribution is 2.12. The molecule has 3 nitrogen and oxygen atoms in total. The van der Waals surface area contributed by atoms with Gasteiger partial charge in [0.2, 0.25) is 0 Å². The summed E-state index contributed by atoms with van der Waals surface area (Å²) in [5, 5.41) is 6.52. The lowest BCUT2D eigenvalue weighted by atomic mass is 9.99. The number of benzene rings is 1. The van der Waals surface area contributed by atoms with Crippen molar-refractivity contribution in [2.24, 2.45) is 0 Å². The number of carbonyl (C=O) groups excluding carboxylic acids is 1. The van der Waals surface area contributed by atoms with Crippen molar-refractivity contribution in [3.8, 4) is 0 Å². The van der Waals surface area contributed by atoms with Crippen LogP contribution in [0, 0.1) is 13.8 Å². The predicted octanol–water partition coefficient (Wildman–Crippen LogP) is 2.17. The van der Waals surface area contributed by atoms with E-state index in [1.54, 1.807) is 0 Å². The van der Waals surface area contributed by atoms with Crippen molar-refractivity contribution in [2.45, 2.75) is 45.7 Å². The quantitative estimate of drug-likeness (QED) is 0.839. The molecule has 0 radical (unpaired) electrons. The van der Waals surface area contributed by atoms with E-state index >= 15 is 0 Å². The van der Waals surface area contributed by atoms with Gasteiger partial charge in [0.25, 0.3) is 5.91 Å². The molecule has 3 heteroatoms. The van der Waals surface area contributed by atoms with E-state index in [-0.39, 0.29) is 11.9 Å². The zero-order chi connectivity index (χ0) is 13.1. The molecule has 0 aliphatic carbocycles. The number of rotatable bonds is 2. The minimum absolute atomic E-state index is 0.0404. The summed E-state index contributed by atoms with van der Waals surface area (Å²) in [6, 6.07) is 6.47. The molecule has 2 N–H and O–H groups in total. The number of amides is 1. The van der Waals surface area contributed by atoms with Gasteiger partial charge in [-0.15, -0.1) is 0 Å². The number of aryl methyl sites for hydroxylation is 2. The summed E-state index contributed by atoms with van der Waals surface area (Å²) in [4.78, 5) is 12.2. The predicted molar refractivity (Wildman–Crippen MR) is 73.9 cm³/mol. The van der Waals surface area contributed by atoms with Crippen LogP contribution in [0.1, 0.15) is 41.3 Å². The average molecular weight is 246 g/mol. The van der Waals surface area contributed by atoms with Crippen LogP contribution in [0.5, 0.6) is 0 Å². The Bertz CT molecular complexity index is 442. The van der Waals surface area contributed by atoms with Gasteiger partial charge in [-0.2, -0.15) is 0 Å². The molecular formula is C15H22N2O. The Balaban J connectivity index is 2.04. The van der Waals surface area contributed by atoms with Gasteiger partial charge in [0.1, 0.15) is 0 Å². The van der Waals surface area contributed by atoms with Crippen LogP contribution in [-0.2, 0) is 0 Å². The molecule has 1 aliphatic rings. The lowest BCUT2D eigenvalue weighted by Gasteiger charge is -2.30. The number of hydrogen-bond donors (Lipinski definition) is 2. The molecule has 0 unspecified atom stereocenters. The van der Waals surface area contributed by atoms with Gasteiger partial charge in [-0.1, -0.05) is 6.07 Å². The van der Waals surface area contributed by atoms with E-state index in [4.69, 9.17) is 0 Å². The van der Waals surface area contributed by atoms with E-state index in [2.05, 4.69) is 24.5 Å². The summed E-state index contributed by atoms with van der Waals surface area (Å²) in [5.41, 5.74) is 3.15. The summed E-state index contributed by atoms with van der Waals surface area (Å²) >= 11 is 0. The van der Waals surface area contributed by atoms with Gasteiger partial charge in [0.15, 0.2) is 0 Å². The highest BCUT2D eigenvalue weighted by Gasteiger charge is 2.22. The number of piperidine rings is 1. The van der Waals surface area contributed by atoms with Crippen LogP contribution in [0.25, 0.3) is 0 Å². The van der Waals surface area contributed by atoms with E-state index in [1.165, 1.54) is 5.56 Å². The van der Waals surface area contributed by atoms with Gasteiger partial charge in [-0.05, 0) is 63.4 Å². The third-order valence-electron chi connectivity index (χ3n) is 3.85. The Morgan fingerprint density at radius 2 is 2.11 bits per heavy atom. The number of hydrogen-bond acceptors (Lipinski definition) is 2. The zero-order valence-electron chi connectivity index (χ0n) is 11.4. The Labute approximate surface area is 109 Å². The standard InChI is InChI=1S/C15H22N2O/c1-10-6-7-13(9-11(10)2)15(18)17-14-5-4-8-16-12(14)3/h6-7,9,12,14,16H,4-5,8H2,1-3H3,(H,17,18)/t12-,14+/m0/s1. The molecule has 0 saturated carbocycles. The maximum absolute atomic E-state index is 12.2. The summed E-state index contributed by atoms with van der Waals surface area (Å²) in [5.74, 6) is 0.0404. The van der Waals surface area contributed by atoms with Crippen LogP contribution >= 0.6 is 0 Å². The van der Waals surface area contributed by atoms with Crippen LogP contribution < -0.4 is 10.6 Å². The minimum Gasteiger partial charge on any atom is -0.348 e. The van der Waals surface area contributed by atoms with E-state index in [1.807, 2.05) is 25.1 Å². The molecule has 1 aliphatic heterocycles. The number of nitrogens with one attached hydrogen (secondary N) is 2. The van der Waals surface area contributed by atoms with Crippen molar-refractivity contribution in [1.29, 1.82) is 0 Å². The van der Waals surface area contributed by atoms with E-state index in [0.717, 1.165) is 30.5 Å². The molecular weight excluding hydrogens is 224 g/mol. The Morgan fingerprint density at radius 3 is 2.78 bits per heavy atom. The summed E-state index contributed by atoms with van der Waals surface area (Å²) in [6.45, 7) is 7.28. The fraction of sp³-hybridized carbons (Fsp3) is 0.533. The van der Waals surface area contributed by atoms with Crippen molar-refractivity contribution in [3.05, 3.63) is 34.9 Å². The molecule has 1 heterocycles. The van der Waals surface area contributed by atoms with Gasteiger partial charge in [-0.3, -0.25) is 4.79 Å². The molecule has 0 spiro atoms. The van der Waals surface area contributed by atoms with Crippen molar-refractivity contribution in [1.82, 2.24) is 10.6 Å². The Morgan fingerprint density at radius 1 is 1.33 bits per heavy atom. The topological polar surface area (TPSA) is 41.1 Å². The van der Waals surface area contributed by atoms with Crippen LogP contribution in [0.4, 0.5) is 0 Å².